The first-order valence-corrected chi connectivity index (χ1v) is 4.54. The van der Waals surface area contributed by atoms with Gasteiger partial charge in [-0.3, -0.25) is 9.89 Å². The molecule has 4 heteroatoms. The van der Waals surface area contributed by atoms with Gasteiger partial charge in [0.2, 0.25) is 5.91 Å². The lowest BCUT2D eigenvalue weighted by Crippen LogP contribution is -2.37. The highest BCUT2D eigenvalue weighted by Crippen LogP contribution is 2.18. The lowest BCUT2D eigenvalue weighted by Gasteiger charge is -2.21. The van der Waals surface area contributed by atoms with Crippen LogP contribution >= 0.6 is 0 Å². The van der Waals surface area contributed by atoms with Gasteiger partial charge in [-0.25, -0.2) is 0 Å². The van der Waals surface area contributed by atoms with E-state index < -0.39 is 0 Å². The van der Waals surface area contributed by atoms with Crippen molar-refractivity contribution in [2.45, 2.75) is 32.2 Å². The lowest BCUT2D eigenvalue weighted by atomic mass is 9.94. The smallest absolute Gasteiger partial charge is 0.217 e. The van der Waals surface area contributed by atoms with Gasteiger partial charge in [0.15, 0.2) is 0 Å². The molecule has 1 aliphatic rings. The molecule has 2 N–H and O–H groups in total. The van der Waals surface area contributed by atoms with E-state index in [1.54, 1.807) is 6.92 Å². The van der Waals surface area contributed by atoms with Crippen LogP contribution in [-0.4, -0.2) is 22.1 Å². The molecule has 1 unspecified atom stereocenters. The predicted molar refractivity (Wildman–Crippen MR) is 48.2 cm³/mol. The van der Waals surface area contributed by atoms with Crippen LogP contribution in [0.25, 0.3) is 0 Å². The second kappa shape index (κ2) is 3.20. The number of H-pyrrole nitrogens is 1. The maximum absolute atomic E-state index is 10.8. The molecule has 1 heterocycles. The van der Waals surface area contributed by atoms with Crippen molar-refractivity contribution in [3.05, 3.63) is 17.5 Å². The molecule has 0 saturated heterocycles. The van der Waals surface area contributed by atoms with Gasteiger partial charge < -0.3 is 5.32 Å². The average molecular weight is 179 g/mol. The van der Waals surface area contributed by atoms with Crippen LogP contribution in [0.3, 0.4) is 0 Å². The molecule has 1 atom stereocenters. The van der Waals surface area contributed by atoms with Gasteiger partial charge in [-0.15, -0.1) is 0 Å². The fourth-order valence-electron chi connectivity index (χ4n) is 1.83. The molecule has 1 aromatic rings. The van der Waals surface area contributed by atoms with Crippen LogP contribution in [0.4, 0.5) is 0 Å². The highest BCUT2D eigenvalue weighted by atomic mass is 16.1. The van der Waals surface area contributed by atoms with E-state index in [1.807, 2.05) is 6.20 Å². The molecule has 4 nitrogen and oxygen atoms in total. The number of aryl methyl sites for hydroxylation is 1. The molecule has 0 fully saturated rings. The molecule has 1 amide bonds. The second-order valence-electron chi connectivity index (χ2n) is 3.51. The molecule has 0 spiro atoms. The average Bonchev–Trinajstić information content (AvgIpc) is 2.49. The number of hydrogen-bond donors (Lipinski definition) is 2. The first-order valence-electron chi connectivity index (χ1n) is 4.54. The summed E-state index contributed by atoms with van der Waals surface area (Å²) in [6.45, 7) is 1.56. The van der Waals surface area contributed by atoms with Gasteiger partial charge in [0.1, 0.15) is 0 Å². The Balaban J connectivity index is 2.04. The molecule has 2 rings (SSSR count). The van der Waals surface area contributed by atoms with Gasteiger partial charge in [0, 0.05) is 18.7 Å². The van der Waals surface area contributed by atoms with E-state index in [9.17, 15) is 4.79 Å². The van der Waals surface area contributed by atoms with Crippen LogP contribution in [0.1, 0.15) is 24.6 Å². The summed E-state index contributed by atoms with van der Waals surface area (Å²) in [4.78, 5) is 10.8. The Morgan fingerprint density at radius 1 is 1.77 bits per heavy atom. The maximum Gasteiger partial charge on any atom is 0.217 e. The number of nitrogens with one attached hydrogen (secondary N) is 2. The highest BCUT2D eigenvalue weighted by molar-refractivity contribution is 5.73. The molecule has 0 saturated carbocycles. The van der Waals surface area contributed by atoms with Crippen LogP contribution < -0.4 is 5.32 Å². The van der Waals surface area contributed by atoms with Crippen molar-refractivity contribution in [1.82, 2.24) is 15.5 Å². The number of carbonyl (C=O) groups excluding carboxylic acids is 1. The Bertz CT molecular complexity index is 318. The van der Waals surface area contributed by atoms with Crippen molar-refractivity contribution >= 4 is 5.91 Å². The number of nitrogens with zero attached hydrogens (tertiary/aromatic N) is 1. The number of aromatic amines is 1. The van der Waals surface area contributed by atoms with E-state index in [0.717, 1.165) is 19.3 Å². The maximum atomic E-state index is 10.8. The molecular weight excluding hydrogens is 166 g/mol. The van der Waals surface area contributed by atoms with Gasteiger partial charge in [-0.05, 0) is 24.8 Å². The van der Waals surface area contributed by atoms with Gasteiger partial charge in [0.25, 0.3) is 0 Å². The molecular formula is C9H13N3O. The van der Waals surface area contributed by atoms with Crippen LogP contribution in [0.5, 0.6) is 0 Å². The van der Waals surface area contributed by atoms with E-state index in [-0.39, 0.29) is 5.91 Å². The summed E-state index contributed by atoms with van der Waals surface area (Å²) in [6.07, 6.45) is 4.75. The van der Waals surface area contributed by atoms with Gasteiger partial charge in [-0.1, -0.05) is 0 Å². The summed E-state index contributed by atoms with van der Waals surface area (Å²) in [5.74, 6) is 0.0527. The zero-order valence-corrected chi connectivity index (χ0v) is 7.63. The minimum absolute atomic E-state index is 0.0527. The lowest BCUT2D eigenvalue weighted by molar-refractivity contribution is -0.119. The fraction of sp³-hybridized carbons (Fsp3) is 0.556. The number of aromatic nitrogens is 2. The molecule has 13 heavy (non-hydrogen) atoms. The largest absolute Gasteiger partial charge is 0.353 e. The van der Waals surface area contributed by atoms with E-state index in [1.165, 1.54) is 11.3 Å². The molecule has 1 aromatic heterocycles. The number of carbonyl (C=O) groups is 1. The third kappa shape index (κ3) is 1.71. The number of rotatable bonds is 1. The SMILES string of the molecule is CC(=O)NC1CCc2[nH]ncc2C1. The van der Waals surface area contributed by atoms with E-state index in [2.05, 4.69) is 15.5 Å². The van der Waals surface area contributed by atoms with Crippen molar-refractivity contribution in [2.24, 2.45) is 0 Å². The number of fused-ring (bicyclic) bond motifs is 1. The van der Waals surface area contributed by atoms with E-state index in [4.69, 9.17) is 0 Å². The van der Waals surface area contributed by atoms with Crippen LogP contribution in [0.15, 0.2) is 6.20 Å². The third-order valence-electron chi connectivity index (χ3n) is 2.42. The Hall–Kier alpha value is -1.32. The Labute approximate surface area is 76.7 Å². The monoisotopic (exact) mass is 179 g/mol. The zero-order chi connectivity index (χ0) is 9.26. The van der Waals surface area contributed by atoms with Crippen LogP contribution in [0, 0.1) is 0 Å². The fourth-order valence-corrected chi connectivity index (χ4v) is 1.83. The van der Waals surface area contributed by atoms with Crippen molar-refractivity contribution in [3.63, 3.8) is 0 Å². The number of amides is 1. The molecule has 0 aliphatic heterocycles. The Morgan fingerprint density at radius 2 is 2.62 bits per heavy atom. The van der Waals surface area contributed by atoms with E-state index >= 15 is 0 Å². The Kier molecular flexibility index (Phi) is 2.04. The van der Waals surface area contributed by atoms with Gasteiger partial charge >= 0.3 is 0 Å². The first kappa shape index (κ1) is 8.29. The van der Waals surface area contributed by atoms with E-state index in [0.29, 0.717) is 6.04 Å². The number of hydrogen-bond acceptors (Lipinski definition) is 2. The minimum atomic E-state index is 0.0527. The van der Waals surface area contributed by atoms with Crippen LogP contribution in [0.2, 0.25) is 0 Å². The zero-order valence-electron chi connectivity index (χ0n) is 7.63. The van der Waals surface area contributed by atoms with Crippen molar-refractivity contribution in [3.8, 4) is 0 Å². The van der Waals surface area contributed by atoms with Crippen molar-refractivity contribution in [1.29, 1.82) is 0 Å². The summed E-state index contributed by atoms with van der Waals surface area (Å²) in [7, 11) is 0. The molecule has 70 valence electrons. The summed E-state index contributed by atoms with van der Waals surface area (Å²) in [5.41, 5.74) is 2.46. The van der Waals surface area contributed by atoms with Crippen molar-refractivity contribution in [2.75, 3.05) is 0 Å². The summed E-state index contributed by atoms with van der Waals surface area (Å²) in [5, 5.41) is 9.88. The third-order valence-corrected chi connectivity index (χ3v) is 2.42. The molecule has 0 bridgehead atoms. The summed E-state index contributed by atoms with van der Waals surface area (Å²) in [6, 6.07) is 0.294. The summed E-state index contributed by atoms with van der Waals surface area (Å²) >= 11 is 0. The molecule has 0 aromatic carbocycles. The quantitative estimate of drug-likeness (QED) is 0.655. The Morgan fingerprint density at radius 3 is 3.38 bits per heavy atom. The van der Waals surface area contributed by atoms with Crippen LogP contribution in [-0.2, 0) is 17.6 Å². The standard InChI is InChI=1S/C9H13N3O/c1-6(13)11-8-2-3-9-7(4-8)5-10-12-9/h5,8H,2-4H2,1H3,(H,10,12)(H,11,13). The predicted octanol–water partition coefficient (Wildman–Crippen LogP) is 0.403. The topological polar surface area (TPSA) is 57.8 Å². The van der Waals surface area contributed by atoms with Gasteiger partial charge in [-0.2, -0.15) is 5.10 Å². The summed E-state index contributed by atoms with van der Waals surface area (Å²) < 4.78 is 0. The van der Waals surface area contributed by atoms with Gasteiger partial charge in [0.05, 0.1) is 6.20 Å². The second-order valence-corrected chi connectivity index (χ2v) is 3.51. The highest BCUT2D eigenvalue weighted by Gasteiger charge is 2.19. The van der Waals surface area contributed by atoms with Crippen molar-refractivity contribution < 1.29 is 4.79 Å². The molecule has 1 aliphatic carbocycles. The normalized spacial score (nSPS) is 20.8. The first-order chi connectivity index (χ1) is 6.25. The minimum Gasteiger partial charge on any atom is -0.353 e. The molecule has 0 radical (unpaired) electrons.